The Bertz CT molecular complexity index is 667. The zero-order valence-electron chi connectivity index (χ0n) is 8.27. The number of carbonyl (C=O) groups excluding carboxylic acids is 1. The highest BCUT2D eigenvalue weighted by atomic mass is 16.5. The van der Waals surface area contributed by atoms with Crippen molar-refractivity contribution in [1.29, 1.82) is 0 Å². The molecule has 0 radical (unpaired) electrons. The molecule has 1 aromatic heterocycles. The standard InChI is InChI=1S/C10H7NO5/c1-15-8(12)5-3-2-4-6-7(5)9(13)16-10(14)11-6/h2-4H,1H3,(H,11,14). The largest absolute Gasteiger partial charge is 0.465 e. The van der Waals surface area contributed by atoms with E-state index in [1.54, 1.807) is 0 Å². The van der Waals surface area contributed by atoms with E-state index in [1.165, 1.54) is 25.3 Å². The normalized spacial score (nSPS) is 10.3. The second-order valence-electron chi connectivity index (χ2n) is 3.02. The van der Waals surface area contributed by atoms with Gasteiger partial charge in [-0.15, -0.1) is 0 Å². The van der Waals surface area contributed by atoms with Crippen LogP contribution in [0.25, 0.3) is 10.9 Å². The number of aromatic nitrogens is 1. The van der Waals surface area contributed by atoms with Gasteiger partial charge in [-0.05, 0) is 12.1 Å². The highest BCUT2D eigenvalue weighted by Crippen LogP contribution is 2.12. The number of hydrogen-bond donors (Lipinski definition) is 1. The molecule has 0 amide bonds. The Hall–Kier alpha value is -2.37. The number of nitrogens with one attached hydrogen (secondary N) is 1. The van der Waals surface area contributed by atoms with E-state index in [0.29, 0.717) is 0 Å². The molecule has 0 aliphatic rings. The van der Waals surface area contributed by atoms with Crippen LogP contribution in [0.1, 0.15) is 10.4 Å². The first kappa shape index (κ1) is 10.2. The highest BCUT2D eigenvalue weighted by molar-refractivity contribution is 6.02. The van der Waals surface area contributed by atoms with E-state index in [-0.39, 0.29) is 16.5 Å². The molecule has 6 nitrogen and oxygen atoms in total. The first-order valence-corrected chi connectivity index (χ1v) is 4.38. The summed E-state index contributed by atoms with van der Waals surface area (Å²) in [5.41, 5.74) is -0.561. The second-order valence-corrected chi connectivity index (χ2v) is 3.02. The molecule has 0 fully saturated rings. The van der Waals surface area contributed by atoms with Crippen molar-refractivity contribution in [3.63, 3.8) is 0 Å². The zero-order chi connectivity index (χ0) is 11.7. The molecule has 16 heavy (non-hydrogen) atoms. The lowest BCUT2D eigenvalue weighted by Gasteiger charge is -2.01. The maximum Gasteiger partial charge on any atom is 0.419 e. The van der Waals surface area contributed by atoms with Gasteiger partial charge in [0.2, 0.25) is 0 Å². The third-order valence-electron chi connectivity index (χ3n) is 2.10. The first-order chi connectivity index (χ1) is 7.63. The molecule has 1 aromatic carbocycles. The molecule has 0 atom stereocenters. The van der Waals surface area contributed by atoms with Gasteiger partial charge in [0.25, 0.3) is 0 Å². The van der Waals surface area contributed by atoms with Crippen LogP contribution in [0, 0.1) is 0 Å². The summed E-state index contributed by atoms with van der Waals surface area (Å²) >= 11 is 0. The smallest absolute Gasteiger partial charge is 0.419 e. The lowest BCUT2D eigenvalue weighted by atomic mass is 10.1. The number of ether oxygens (including phenoxy) is 1. The third-order valence-corrected chi connectivity index (χ3v) is 2.10. The maximum absolute atomic E-state index is 11.4. The summed E-state index contributed by atoms with van der Waals surface area (Å²) in [5, 5.41) is 0.00829. The topological polar surface area (TPSA) is 89.4 Å². The Morgan fingerprint density at radius 3 is 2.81 bits per heavy atom. The lowest BCUT2D eigenvalue weighted by molar-refractivity contribution is 0.0602. The number of carbonyl (C=O) groups is 1. The van der Waals surface area contributed by atoms with E-state index in [2.05, 4.69) is 14.1 Å². The molecule has 82 valence electrons. The maximum atomic E-state index is 11.4. The van der Waals surface area contributed by atoms with Gasteiger partial charge in [0.15, 0.2) is 0 Å². The summed E-state index contributed by atoms with van der Waals surface area (Å²) in [7, 11) is 1.20. The van der Waals surface area contributed by atoms with Crippen LogP contribution in [-0.2, 0) is 4.74 Å². The van der Waals surface area contributed by atoms with Crippen LogP contribution >= 0.6 is 0 Å². The van der Waals surface area contributed by atoms with Gasteiger partial charge in [-0.25, -0.2) is 14.4 Å². The Morgan fingerprint density at radius 1 is 1.38 bits per heavy atom. The van der Waals surface area contributed by atoms with Crippen LogP contribution < -0.4 is 11.4 Å². The average molecular weight is 221 g/mol. The number of fused-ring (bicyclic) bond motifs is 1. The molecular weight excluding hydrogens is 214 g/mol. The molecule has 0 aliphatic heterocycles. The van der Waals surface area contributed by atoms with Gasteiger partial charge in [-0.3, -0.25) is 4.98 Å². The SMILES string of the molecule is COC(=O)c1cccc2[nH]c(=O)oc(=O)c12. The quantitative estimate of drug-likeness (QED) is 0.698. The van der Waals surface area contributed by atoms with Crippen LogP contribution in [0.15, 0.2) is 32.2 Å². The minimum absolute atomic E-state index is 0.00829. The van der Waals surface area contributed by atoms with Crippen LogP contribution in [0.3, 0.4) is 0 Å². The van der Waals surface area contributed by atoms with E-state index in [1.807, 2.05) is 0 Å². The fourth-order valence-electron chi connectivity index (χ4n) is 1.43. The number of rotatable bonds is 1. The highest BCUT2D eigenvalue weighted by Gasteiger charge is 2.14. The molecule has 6 heteroatoms. The van der Waals surface area contributed by atoms with Crippen molar-refractivity contribution in [3.8, 4) is 0 Å². The van der Waals surface area contributed by atoms with E-state index in [4.69, 9.17) is 0 Å². The molecular formula is C10H7NO5. The summed E-state index contributed by atoms with van der Waals surface area (Å²) in [5.74, 6) is -1.52. The Kier molecular flexibility index (Phi) is 2.32. The fraction of sp³-hybridized carbons (Fsp3) is 0.100. The number of methoxy groups -OCH3 is 1. The Balaban J connectivity index is 2.93. The Labute approximate surface area is 88.5 Å². The van der Waals surface area contributed by atoms with Crippen molar-refractivity contribution < 1.29 is 13.9 Å². The number of aromatic amines is 1. The Morgan fingerprint density at radius 2 is 2.12 bits per heavy atom. The second kappa shape index (κ2) is 3.65. The van der Waals surface area contributed by atoms with E-state index >= 15 is 0 Å². The van der Waals surface area contributed by atoms with Crippen molar-refractivity contribution in [1.82, 2.24) is 4.98 Å². The van der Waals surface area contributed by atoms with Gasteiger partial charge < -0.3 is 9.15 Å². The predicted molar refractivity (Wildman–Crippen MR) is 54.4 cm³/mol. The molecule has 0 saturated carbocycles. The van der Waals surface area contributed by atoms with Gasteiger partial charge in [-0.2, -0.15) is 0 Å². The first-order valence-electron chi connectivity index (χ1n) is 4.38. The van der Waals surface area contributed by atoms with Gasteiger partial charge >= 0.3 is 17.4 Å². The molecule has 0 bridgehead atoms. The molecule has 0 aliphatic carbocycles. The summed E-state index contributed by atoms with van der Waals surface area (Å²) in [4.78, 5) is 36.1. The van der Waals surface area contributed by atoms with Crippen molar-refractivity contribution in [2.24, 2.45) is 0 Å². The molecule has 1 N–H and O–H groups in total. The van der Waals surface area contributed by atoms with Crippen LogP contribution in [-0.4, -0.2) is 18.1 Å². The minimum Gasteiger partial charge on any atom is -0.465 e. The van der Waals surface area contributed by atoms with Gasteiger partial charge in [0.05, 0.1) is 23.6 Å². The number of hydrogen-bond acceptors (Lipinski definition) is 5. The van der Waals surface area contributed by atoms with Crippen molar-refractivity contribution in [2.45, 2.75) is 0 Å². The monoisotopic (exact) mass is 221 g/mol. The molecule has 0 unspecified atom stereocenters. The number of benzene rings is 1. The van der Waals surface area contributed by atoms with Crippen molar-refractivity contribution in [3.05, 3.63) is 44.7 Å². The summed E-state index contributed by atoms with van der Waals surface area (Å²) < 4.78 is 8.87. The predicted octanol–water partition coefficient (Wildman–Crippen LogP) is 0.268. The summed E-state index contributed by atoms with van der Waals surface area (Å²) in [6.07, 6.45) is 0. The van der Waals surface area contributed by atoms with Crippen molar-refractivity contribution >= 4 is 16.9 Å². The number of H-pyrrole nitrogens is 1. The third kappa shape index (κ3) is 1.50. The number of esters is 1. The van der Waals surface area contributed by atoms with Gasteiger partial charge in [0, 0.05) is 0 Å². The van der Waals surface area contributed by atoms with Crippen LogP contribution in [0.2, 0.25) is 0 Å². The van der Waals surface area contributed by atoms with E-state index in [9.17, 15) is 14.4 Å². The molecule has 0 spiro atoms. The van der Waals surface area contributed by atoms with E-state index in [0.717, 1.165) is 0 Å². The lowest BCUT2D eigenvalue weighted by Crippen LogP contribution is -2.17. The van der Waals surface area contributed by atoms with Crippen LogP contribution in [0.4, 0.5) is 0 Å². The van der Waals surface area contributed by atoms with Crippen LogP contribution in [0.5, 0.6) is 0 Å². The molecule has 1 heterocycles. The molecule has 2 rings (SSSR count). The molecule has 2 aromatic rings. The summed E-state index contributed by atoms with van der Waals surface area (Å²) in [6.45, 7) is 0. The average Bonchev–Trinajstić information content (AvgIpc) is 2.26. The fourth-order valence-corrected chi connectivity index (χ4v) is 1.43. The minimum atomic E-state index is -0.862. The zero-order valence-corrected chi connectivity index (χ0v) is 8.27. The van der Waals surface area contributed by atoms with E-state index < -0.39 is 17.4 Å². The van der Waals surface area contributed by atoms with Gasteiger partial charge in [0.1, 0.15) is 0 Å². The van der Waals surface area contributed by atoms with Crippen molar-refractivity contribution in [2.75, 3.05) is 7.11 Å². The molecule has 0 saturated heterocycles. The van der Waals surface area contributed by atoms with Gasteiger partial charge in [-0.1, -0.05) is 6.07 Å². The summed E-state index contributed by atoms with van der Waals surface area (Å²) in [6, 6.07) is 4.45.